The number of carboxylic acids is 1. The number of rotatable bonds is 5. The topological polar surface area (TPSA) is 102 Å². The SMILES string of the molecule is COc1c(F)cc(NC(C)=O)c(C)c1CC(N)C(=O)O. The first-order valence-electron chi connectivity index (χ1n) is 5.89. The molecule has 1 atom stereocenters. The lowest BCUT2D eigenvalue weighted by Crippen LogP contribution is -2.32. The Bertz CT molecular complexity index is 546. The highest BCUT2D eigenvalue weighted by Crippen LogP contribution is 2.32. The molecule has 0 saturated heterocycles. The summed E-state index contributed by atoms with van der Waals surface area (Å²) in [4.78, 5) is 21.9. The zero-order chi connectivity index (χ0) is 15.4. The molecule has 0 aliphatic carbocycles. The molecule has 0 aromatic heterocycles. The van der Waals surface area contributed by atoms with E-state index >= 15 is 0 Å². The number of nitrogens with one attached hydrogen (secondary N) is 1. The Morgan fingerprint density at radius 1 is 1.55 bits per heavy atom. The Morgan fingerprint density at radius 2 is 2.15 bits per heavy atom. The number of anilines is 1. The maximum atomic E-state index is 13.9. The van der Waals surface area contributed by atoms with E-state index in [9.17, 15) is 14.0 Å². The van der Waals surface area contributed by atoms with Gasteiger partial charge in [-0.1, -0.05) is 0 Å². The van der Waals surface area contributed by atoms with Crippen LogP contribution >= 0.6 is 0 Å². The molecular formula is C13H17FN2O4. The van der Waals surface area contributed by atoms with E-state index < -0.39 is 17.8 Å². The largest absolute Gasteiger partial charge is 0.493 e. The summed E-state index contributed by atoms with van der Waals surface area (Å²) < 4.78 is 18.9. The number of benzene rings is 1. The van der Waals surface area contributed by atoms with Gasteiger partial charge in [-0.2, -0.15) is 0 Å². The fraction of sp³-hybridized carbons (Fsp3) is 0.385. The number of hydrogen-bond donors (Lipinski definition) is 3. The average molecular weight is 284 g/mol. The predicted molar refractivity (Wildman–Crippen MR) is 71.3 cm³/mol. The summed E-state index contributed by atoms with van der Waals surface area (Å²) in [6, 6.07) is -0.0553. The highest BCUT2D eigenvalue weighted by molar-refractivity contribution is 5.90. The first kappa shape index (κ1) is 15.9. The molecule has 1 rings (SSSR count). The van der Waals surface area contributed by atoms with Crippen molar-refractivity contribution >= 4 is 17.6 Å². The summed E-state index contributed by atoms with van der Waals surface area (Å²) in [7, 11) is 1.28. The zero-order valence-corrected chi connectivity index (χ0v) is 11.5. The van der Waals surface area contributed by atoms with E-state index in [0.717, 1.165) is 6.07 Å². The van der Waals surface area contributed by atoms with Crippen LogP contribution in [-0.4, -0.2) is 30.1 Å². The Labute approximate surface area is 115 Å². The molecule has 110 valence electrons. The maximum Gasteiger partial charge on any atom is 0.320 e. The van der Waals surface area contributed by atoms with Gasteiger partial charge in [-0.15, -0.1) is 0 Å². The minimum absolute atomic E-state index is 0.0618. The second kappa shape index (κ2) is 6.33. The van der Waals surface area contributed by atoms with E-state index in [0.29, 0.717) is 11.1 Å². The summed E-state index contributed by atoms with van der Waals surface area (Å²) in [5, 5.41) is 11.3. The molecule has 0 bridgehead atoms. The van der Waals surface area contributed by atoms with Gasteiger partial charge in [0.25, 0.3) is 0 Å². The molecule has 1 unspecified atom stereocenters. The third-order valence-corrected chi connectivity index (χ3v) is 2.87. The van der Waals surface area contributed by atoms with Crippen LogP contribution in [0.2, 0.25) is 0 Å². The van der Waals surface area contributed by atoms with E-state index in [1.165, 1.54) is 14.0 Å². The van der Waals surface area contributed by atoms with Crippen molar-refractivity contribution in [2.75, 3.05) is 12.4 Å². The fourth-order valence-electron chi connectivity index (χ4n) is 1.87. The van der Waals surface area contributed by atoms with Gasteiger partial charge in [0.05, 0.1) is 7.11 Å². The zero-order valence-electron chi connectivity index (χ0n) is 11.5. The van der Waals surface area contributed by atoms with Crippen LogP contribution < -0.4 is 15.8 Å². The molecule has 0 fully saturated rings. The van der Waals surface area contributed by atoms with Gasteiger partial charge in [-0.3, -0.25) is 9.59 Å². The normalized spacial score (nSPS) is 11.8. The van der Waals surface area contributed by atoms with Crippen molar-refractivity contribution in [1.82, 2.24) is 0 Å². The number of halogens is 1. The third-order valence-electron chi connectivity index (χ3n) is 2.87. The standard InChI is InChI=1S/C13H17FN2O4/c1-6-8(4-10(15)13(18)19)12(20-3)9(14)5-11(6)16-7(2)17/h5,10H,4,15H2,1-3H3,(H,16,17)(H,18,19). The van der Waals surface area contributed by atoms with Gasteiger partial charge < -0.3 is 20.9 Å². The lowest BCUT2D eigenvalue weighted by atomic mass is 9.98. The first-order chi connectivity index (χ1) is 9.27. The summed E-state index contributed by atoms with van der Waals surface area (Å²) in [6.07, 6.45) is -0.102. The van der Waals surface area contributed by atoms with Gasteiger partial charge in [0, 0.05) is 30.7 Å². The van der Waals surface area contributed by atoms with Crippen molar-refractivity contribution < 1.29 is 23.8 Å². The van der Waals surface area contributed by atoms with Crippen LogP contribution in [0.1, 0.15) is 18.1 Å². The Morgan fingerprint density at radius 3 is 2.60 bits per heavy atom. The van der Waals surface area contributed by atoms with Crippen LogP contribution in [0.4, 0.5) is 10.1 Å². The summed E-state index contributed by atoms with van der Waals surface area (Å²) in [5.74, 6) is -2.30. The van der Waals surface area contributed by atoms with E-state index in [1.807, 2.05) is 0 Å². The molecule has 20 heavy (non-hydrogen) atoms. The minimum atomic E-state index is -1.20. The molecule has 0 spiro atoms. The minimum Gasteiger partial charge on any atom is -0.493 e. The molecule has 1 amide bonds. The van der Waals surface area contributed by atoms with Crippen molar-refractivity contribution in [3.63, 3.8) is 0 Å². The number of methoxy groups -OCH3 is 1. The van der Waals surface area contributed by atoms with Crippen LogP contribution in [0.15, 0.2) is 6.07 Å². The Hall–Kier alpha value is -2.15. The predicted octanol–water partition coefficient (Wildman–Crippen LogP) is 1.06. The number of aliphatic carboxylic acids is 1. The maximum absolute atomic E-state index is 13.9. The number of hydrogen-bond acceptors (Lipinski definition) is 4. The highest BCUT2D eigenvalue weighted by Gasteiger charge is 2.21. The smallest absolute Gasteiger partial charge is 0.320 e. The third kappa shape index (κ3) is 3.45. The molecule has 0 saturated carbocycles. The molecule has 4 N–H and O–H groups in total. The monoisotopic (exact) mass is 284 g/mol. The van der Waals surface area contributed by atoms with Crippen LogP contribution in [0.5, 0.6) is 5.75 Å². The van der Waals surface area contributed by atoms with Crippen molar-refractivity contribution in [3.05, 3.63) is 23.0 Å². The molecule has 0 heterocycles. The lowest BCUT2D eigenvalue weighted by molar-refractivity contribution is -0.138. The van der Waals surface area contributed by atoms with E-state index in [4.69, 9.17) is 15.6 Å². The molecule has 1 aromatic carbocycles. The van der Waals surface area contributed by atoms with Gasteiger partial charge in [0.2, 0.25) is 5.91 Å². The summed E-state index contributed by atoms with van der Waals surface area (Å²) in [6.45, 7) is 2.93. The summed E-state index contributed by atoms with van der Waals surface area (Å²) >= 11 is 0. The van der Waals surface area contributed by atoms with Gasteiger partial charge >= 0.3 is 5.97 Å². The highest BCUT2D eigenvalue weighted by atomic mass is 19.1. The number of amides is 1. The first-order valence-corrected chi connectivity index (χ1v) is 5.89. The van der Waals surface area contributed by atoms with Gasteiger partial charge in [-0.05, 0) is 12.5 Å². The van der Waals surface area contributed by atoms with Crippen LogP contribution in [0.25, 0.3) is 0 Å². The average Bonchev–Trinajstić information content (AvgIpc) is 2.34. The fourth-order valence-corrected chi connectivity index (χ4v) is 1.87. The summed E-state index contributed by atoms with van der Waals surface area (Å²) in [5.41, 5.74) is 6.59. The Balaban J connectivity index is 3.33. The second-order valence-electron chi connectivity index (χ2n) is 4.37. The van der Waals surface area contributed by atoms with E-state index in [-0.39, 0.29) is 23.8 Å². The van der Waals surface area contributed by atoms with Gasteiger partial charge in [0.1, 0.15) is 6.04 Å². The van der Waals surface area contributed by atoms with E-state index in [1.54, 1.807) is 6.92 Å². The van der Waals surface area contributed by atoms with Crippen molar-refractivity contribution in [2.45, 2.75) is 26.3 Å². The molecule has 7 heteroatoms. The van der Waals surface area contributed by atoms with Crippen molar-refractivity contribution in [2.24, 2.45) is 5.73 Å². The lowest BCUT2D eigenvalue weighted by Gasteiger charge is -2.18. The quantitative estimate of drug-likeness (QED) is 0.750. The number of ether oxygens (including phenoxy) is 1. The van der Waals surface area contributed by atoms with Crippen LogP contribution in [0, 0.1) is 12.7 Å². The number of carbonyl (C=O) groups is 2. The van der Waals surface area contributed by atoms with E-state index in [2.05, 4.69) is 5.32 Å². The molecule has 0 aliphatic heterocycles. The van der Waals surface area contributed by atoms with Crippen LogP contribution in [-0.2, 0) is 16.0 Å². The number of carboxylic acid groups (broad SMARTS) is 1. The van der Waals surface area contributed by atoms with Crippen molar-refractivity contribution in [3.8, 4) is 5.75 Å². The van der Waals surface area contributed by atoms with Crippen LogP contribution in [0.3, 0.4) is 0 Å². The van der Waals surface area contributed by atoms with Crippen molar-refractivity contribution in [1.29, 1.82) is 0 Å². The molecule has 0 radical (unpaired) electrons. The Kier molecular flexibility index (Phi) is 5.04. The number of nitrogens with two attached hydrogens (primary N) is 1. The van der Waals surface area contributed by atoms with Gasteiger partial charge in [0.15, 0.2) is 11.6 Å². The molecular weight excluding hydrogens is 267 g/mol. The second-order valence-corrected chi connectivity index (χ2v) is 4.37. The molecule has 1 aromatic rings. The molecule has 0 aliphatic rings. The van der Waals surface area contributed by atoms with Gasteiger partial charge in [-0.25, -0.2) is 4.39 Å². The molecule has 6 nitrogen and oxygen atoms in total. The number of carbonyl (C=O) groups excluding carboxylic acids is 1.